The van der Waals surface area contributed by atoms with Gasteiger partial charge >= 0.3 is 0 Å². The van der Waals surface area contributed by atoms with E-state index in [9.17, 15) is 14.0 Å². The van der Waals surface area contributed by atoms with E-state index in [4.69, 9.17) is 11.6 Å². The van der Waals surface area contributed by atoms with Crippen LogP contribution in [0.15, 0.2) is 40.9 Å². The predicted octanol–water partition coefficient (Wildman–Crippen LogP) is 4.29. The Kier molecular flexibility index (Phi) is 4.12. The van der Waals surface area contributed by atoms with Crippen LogP contribution in [0.25, 0.3) is 0 Å². The third-order valence-electron chi connectivity index (χ3n) is 2.55. The zero-order valence-corrected chi connectivity index (χ0v) is 11.8. The highest BCUT2D eigenvalue weighted by molar-refractivity contribution is 9.10. The van der Waals surface area contributed by atoms with Gasteiger partial charge < -0.3 is 0 Å². The van der Waals surface area contributed by atoms with Crippen molar-refractivity contribution in [2.75, 3.05) is 0 Å². The first-order valence-corrected chi connectivity index (χ1v) is 6.44. The van der Waals surface area contributed by atoms with Gasteiger partial charge in [0.25, 0.3) is 0 Å². The summed E-state index contributed by atoms with van der Waals surface area (Å²) >= 11 is 8.80. The molecule has 0 saturated heterocycles. The Labute approximate surface area is 122 Å². The van der Waals surface area contributed by atoms with E-state index in [1.807, 2.05) is 0 Å². The molecule has 0 spiro atoms. The topological polar surface area (TPSA) is 34.1 Å². The third kappa shape index (κ3) is 2.91. The number of ketones is 1. The first-order valence-electron chi connectivity index (χ1n) is 5.27. The highest BCUT2D eigenvalue weighted by Crippen LogP contribution is 2.23. The summed E-state index contributed by atoms with van der Waals surface area (Å²) in [7, 11) is 0. The Hall–Kier alpha value is -1.52. The summed E-state index contributed by atoms with van der Waals surface area (Å²) in [6.45, 7) is 0. The number of carbonyl (C=O) groups is 2. The molecule has 0 aliphatic carbocycles. The predicted molar refractivity (Wildman–Crippen MR) is 74.4 cm³/mol. The van der Waals surface area contributed by atoms with E-state index in [1.54, 1.807) is 0 Å². The van der Waals surface area contributed by atoms with Gasteiger partial charge in [-0.3, -0.25) is 9.59 Å². The summed E-state index contributed by atoms with van der Waals surface area (Å²) in [5.74, 6) is -1.29. The van der Waals surface area contributed by atoms with Crippen LogP contribution in [0.3, 0.4) is 0 Å². The number of carbonyl (C=O) groups excluding carboxylic acids is 2. The minimum absolute atomic E-state index is 0.00632. The summed E-state index contributed by atoms with van der Waals surface area (Å²) in [5.41, 5.74) is 0.0427. The minimum atomic E-state index is -0.739. The first kappa shape index (κ1) is 13.9. The van der Waals surface area contributed by atoms with Gasteiger partial charge in [0.1, 0.15) is 5.82 Å². The van der Waals surface area contributed by atoms with E-state index >= 15 is 0 Å². The van der Waals surface area contributed by atoms with Gasteiger partial charge in [-0.1, -0.05) is 27.5 Å². The van der Waals surface area contributed by atoms with Crippen molar-refractivity contribution in [1.82, 2.24) is 0 Å². The first-order chi connectivity index (χ1) is 9.02. The van der Waals surface area contributed by atoms with Gasteiger partial charge in [-0.15, -0.1) is 0 Å². The van der Waals surface area contributed by atoms with Gasteiger partial charge in [-0.05, 0) is 36.4 Å². The van der Waals surface area contributed by atoms with Crippen LogP contribution in [0.5, 0.6) is 0 Å². The van der Waals surface area contributed by atoms with Gasteiger partial charge in [0, 0.05) is 20.6 Å². The van der Waals surface area contributed by atoms with E-state index in [2.05, 4.69) is 15.9 Å². The van der Waals surface area contributed by atoms with E-state index in [1.165, 1.54) is 30.3 Å². The van der Waals surface area contributed by atoms with Crippen molar-refractivity contribution in [2.45, 2.75) is 0 Å². The molecule has 2 aromatic rings. The lowest BCUT2D eigenvalue weighted by molar-refractivity contribution is 0.102. The van der Waals surface area contributed by atoms with Crippen LogP contribution in [-0.4, -0.2) is 12.1 Å². The fraction of sp³-hybridized carbons (Fsp3) is 0. The minimum Gasteiger partial charge on any atom is -0.298 e. The van der Waals surface area contributed by atoms with Crippen LogP contribution in [0.2, 0.25) is 5.02 Å². The lowest BCUT2D eigenvalue weighted by atomic mass is 9.98. The normalized spacial score (nSPS) is 10.3. The molecule has 0 fully saturated rings. The maximum absolute atomic E-state index is 13.9. The molecule has 0 heterocycles. The van der Waals surface area contributed by atoms with Crippen LogP contribution in [0.4, 0.5) is 4.39 Å². The lowest BCUT2D eigenvalue weighted by Gasteiger charge is -2.06. The summed E-state index contributed by atoms with van der Waals surface area (Å²) in [5, 5.41) is 0.475. The molecule has 5 heteroatoms. The van der Waals surface area contributed by atoms with Crippen molar-refractivity contribution in [2.24, 2.45) is 0 Å². The highest BCUT2D eigenvalue weighted by atomic mass is 79.9. The summed E-state index contributed by atoms with van der Waals surface area (Å²) in [6, 6.07) is 8.59. The molecule has 0 amide bonds. The molecule has 0 atom stereocenters. The smallest absolute Gasteiger partial charge is 0.196 e. The second-order valence-corrected chi connectivity index (χ2v) is 5.16. The van der Waals surface area contributed by atoms with Crippen molar-refractivity contribution in [3.05, 3.63) is 68.4 Å². The van der Waals surface area contributed by atoms with Crippen molar-refractivity contribution in [3.63, 3.8) is 0 Å². The van der Waals surface area contributed by atoms with Crippen molar-refractivity contribution >= 4 is 39.6 Å². The molecule has 0 N–H and O–H groups in total. The van der Waals surface area contributed by atoms with Gasteiger partial charge in [0.2, 0.25) is 0 Å². The zero-order valence-electron chi connectivity index (χ0n) is 9.49. The van der Waals surface area contributed by atoms with E-state index < -0.39 is 11.6 Å². The fourth-order valence-electron chi connectivity index (χ4n) is 1.67. The van der Waals surface area contributed by atoms with Crippen LogP contribution >= 0.6 is 27.5 Å². The van der Waals surface area contributed by atoms with Gasteiger partial charge in [-0.2, -0.15) is 0 Å². The lowest BCUT2D eigenvalue weighted by Crippen LogP contribution is -2.08. The molecule has 0 aliphatic rings. The number of benzene rings is 2. The molecule has 0 bridgehead atoms. The molecule has 0 aliphatic heterocycles. The van der Waals surface area contributed by atoms with E-state index in [0.29, 0.717) is 15.8 Å². The fourth-order valence-corrected chi connectivity index (χ4v) is 2.25. The largest absolute Gasteiger partial charge is 0.298 e. The van der Waals surface area contributed by atoms with E-state index in [0.717, 1.165) is 6.07 Å². The summed E-state index contributed by atoms with van der Waals surface area (Å²) in [6.07, 6.45) is 0.455. The van der Waals surface area contributed by atoms with Gasteiger partial charge in [-0.25, -0.2) is 4.39 Å². The Morgan fingerprint density at radius 2 is 1.84 bits per heavy atom. The zero-order chi connectivity index (χ0) is 14.0. The quantitative estimate of drug-likeness (QED) is 0.616. The van der Waals surface area contributed by atoms with Crippen LogP contribution in [-0.2, 0) is 0 Å². The molecule has 19 heavy (non-hydrogen) atoms. The molecule has 0 saturated carbocycles. The summed E-state index contributed by atoms with van der Waals surface area (Å²) < 4.78 is 14.3. The van der Waals surface area contributed by atoms with Crippen LogP contribution in [0.1, 0.15) is 26.3 Å². The monoisotopic (exact) mass is 340 g/mol. The standard InChI is InChI=1S/C14H7BrClFO2/c15-10-5-9(7-18)13(12(17)6-10)14(19)8-1-3-11(16)4-2-8/h1-7H. The number of halogens is 3. The van der Waals surface area contributed by atoms with Gasteiger partial charge in [0.15, 0.2) is 12.1 Å². The molecule has 0 aromatic heterocycles. The van der Waals surface area contributed by atoms with Crippen molar-refractivity contribution < 1.29 is 14.0 Å². The number of rotatable bonds is 3. The Balaban J connectivity index is 2.55. The average molecular weight is 342 g/mol. The molecular weight excluding hydrogens is 335 g/mol. The van der Waals surface area contributed by atoms with Crippen LogP contribution in [0, 0.1) is 5.82 Å². The molecular formula is C14H7BrClFO2. The van der Waals surface area contributed by atoms with Crippen molar-refractivity contribution in [3.8, 4) is 0 Å². The molecule has 0 unspecified atom stereocenters. The Morgan fingerprint density at radius 3 is 2.42 bits per heavy atom. The third-order valence-corrected chi connectivity index (χ3v) is 3.26. The van der Waals surface area contributed by atoms with Crippen LogP contribution < -0.4 is 0 Å². The highest BCUT2D eigenvalue weighted by Gasteiger charge is 2.19. The molecule has 0 radical (unpaired) electrons. The molecule has 2 aromatic carbocycles. The average Bonchev–Trinajstić information content (AvgIpc) is 2.38. The number of hydrogen-bond donors (Lipinski definition) is 0. The SMILES string of the molecule is O=Cc1cc(Br)cc(F)c1C(=O)c1ccc(Cl)cc1. The maximum atomic E-state index is 13.9. The van der Waals surface area contributed by atoms with E-state index in [-0.39, 0.29) is 16.7 Å². The summed E-state index contributed by atoms with van der Waals surface area (Å²) in [4.78, 5) is 23.2. The second kappa shape index (κ2) is 5.63. The Morgan fingerprint density at radius 1 is 1.21 bits per heavy atom. The molecule has 96 valence electrons. The number of aldehydes is 1. The molecule has 2 nitrogen and oxygen atoms in total. The maximum Gasteiger partial charge on any atom is 0.196 e. The second-order valence-electron chi connectivity index (χ2n) is 3.81. The Bertz CT molecular complexity index is 653. The van der Waals surface area contributed by atoms with Gasteiger partial charge in [0.05, 0.1) is 5.56 Å². The van der Waals surface area contributed by atoms with Crippen molar-refractivity contribution in [1.29, 1.82) is 0 Å². The number of hydrogen-bond acceptors (Lipinski definition) is 2. The molecule has 2 rings (SSSR count).